The smallest absolute Gasteiger partial charge is 0.407 e. The lowest BCUT2D eigenvalue weighted by molar-refractivity contribution is -0.165. The molecule has 0 bridgehead atoms. The molecule has 4 rings (SSSR count). The summed E-state index contributed by atoms with van der Waals surface area (Å²) in [5.74, 6) is 0.454. The molecule has 1 unspecified atom stereocenters. The molecular formula is C34H48N4O4. The van der Waals surface area contributed by atoms with E-state index in [9.17, 15) is 14.4 Å². The molecule has 0 saturated carbocycles. The molecular weight excluding hydrogens is 528 g/mol. The van der Waals surface area contributed by atoms with E-state index in [0.29, 0.717) is 44.6 Å². The maximum absolute atomic E-state index is 14.0. The minimum Gasteiger partial charge on any atom is -0.445 e. The lowest BCUT2D eigenvalue weighted by atomic mass is 9.79. The summed E-state index contributed by atoms with van der Waals surface area (Å²) in [5, 5.41) is 5.90. The Morgan fingerprint density at radius 1 is 0.976 bits per heavy atom. The van der Waals surface area contributed by atoms with Crippen LogP contribution in [0.5, 0.6) is 0 Å². The number of benzene rings is 2. The molecule has 2 fully saturated rings. The van der Waals surface area contributed by atoms with E-state index in [1.165, 1.54) is 5.56 Å². The monoisotopic (exact) mass is 576 g/mol. The van der Waals surface area contributed by atoms with Crippen LogP contribution < -0.4 is 10.6 Å². The minimum absolute atomic E-state index is 0.00645. The number of rotatable bonds is 13. The van der Waals surface area contributed by atoms with Gasteiger partial charge < -0.3 is 25.2 Å². The van der Waals surface area contributed by atoms with Crippen molar-refractivity contribution < 1.29 is 19.1 Å². The predicted molar refractivity (Wildman–Crippen MR) is 165 cm³/mol. The molecule has 0 aliphatic carbocycles. The van der Waals surface area contributed by atoms with Crippen molar-refractivity contribution in [3.05, 3.63) is 71.8 Å². The van der Waals surface area contributed by atoms with Crippen LogP contribution >= 0.6 is 0 Å². The highest BCUT2D eigenvalue weighted by molar-refractivity contribution is 6.00. The first kappa shape index (κ1) is 31.5. The summed E-state index contributed by atoms with van der Waals surface area (Å²) in [6.45, 7) is 9.67. The van der Waals surface area contributed by atoms with E-state index in [1.54, 1.807) is 0 Å². The Morgan fingerprint density at radius 2 is 1.62 bits per heavy atom. The summed E-state index contributed by atoms with van der Waals surface area (Å²) >= 11 is 0. The summed E-state index contributed by atoms with van der Waals surface area (Å²) in [6.07, 6.45) is 4.66. The second-order valence-corrected chi connectivity index (χ2v) is 12.3. The van der Waals surface area contributed by atoms with Gasteiger partial charge in [0.1, 0.15) is 18.2 Å². The standard InChI is InChI=1S/C34H48N4O4/c1-26(2)24-27(3)38-31(39)30(16-10-11-20-35-33(41)42-25-29-14-8-5-9-15-29)36-32(40)34(38)18-22-37(23-19-34)21-17-28-12-6-4-7-13-28/h4-9,12-15,26-27,30H,10-11,16-25H2,1-3H3,(H,35,41)(H,36,40)/t27?,30-/m0/s1. The Balaban J connectivity index is 1.28. The fourth-order valence-electron chi connectivity index (χ4n) is 6.45. The van der Waals surface area contributed by atoms with Gasteiger partial charge in [-0.25, -0.2) is 4.79 Å². The molecule has 8 heteroatoms. The molecule has 0 radical (unpaired) electrons. The first-order chi connectivity index (χ1) is 20.3. The largest absolute Gasteiger partial charge is 0.445 e. The van der Waals surface area contributed by atoms with E-state index in [4.69, 9.17) is 4.74 Å². The number of hydrogen-bond acceptors (Lipinski definition) is 5. The van der Waals surface area contributed by atoms with Gasteiger partial charge >= 0.3 is 6.09 Å². The lowest BCUT2D eigenvalue weighted by Gasteiger charge is -2.54. The van der Waals surface area contributed by atoms with Gasteiger partial charge in [-0.1, -0.05) is 74.5 Å². The molecule has 1 spiro atoms. The van der Waals surface area contributed by atoms with E-state index >= 15 is 0 Å². The third-order valence-electron chi connectivity index (χ3n) is 8.62. The molecule has 2 atom stereocenters. The molecule has 8 nitrogen and oxygen atoms in total. The number of carbonyl (C=O) groups excluding carboxylic acids is 3. The molecule has 3 amide bonds. The molecule has 228 valence electrons. The number of nitrogens with one attached hydrogen (secondary N) is 2. The highest BCUT2D eigenvalue weighted by Gasteiger charge is 2.54. The van der Waals surface area contributed by atoms with Crippen molar-refractivity contribution in [2.45, 2.75) is 89.9 Å². The molecule has 2 heterocycles. The minimum atomic E-state index is -0.783. The Morgan fingerprint density at radius 3 is 2.26 bits per heavy atom. The summed E-state index contributed by atoms with van der Waals surface area (Å²) in [5.41, 5.74) is 1.47. The van der Waals surface area contributed by atoms with Crippen molar-refractivity contribution in [2.24, 2.45) is 5.92 Å². The Kier molecular flexibility index (Phi) is 11.4. The van der Waals surface area contributed by atoms with Crippen LogP contribution in [-0.2, 0) is 27.4 Å². The highest BCUT2D eigenvalue weighted by Crippen LogP contribution is 2.36. The maximum Gasteiger partial charge on any atom is 0.407 e. The molecule has 2 aliphatic rings. The van der Waals surface area contributed by atoms with Crippen LogP contribution in [0.15, 0.2) is 60.7 Å². The zero-order valence-electron chi connectivity index (χ0n) is 25.5. The van der Waals surface area contributed by atoms with Gasteiger partial charge in [-0.05, 0) is 68.9 Å². The number of hydrogen-bond donors (Lipinski definition) is 2. The van der Waals surface area contributed by atoms with Crippen molar-refractivity contribution in [2.75, 3.05) is 26.2 Å². The first-order valence-electron chi connectivity index (χ1n) is 15.6. The normalized spacial score (nSPS) is 19.5. The second-order valence-electron chi connectivity index (χ2n) is 12.3. The molecule has 0 aromatic heterocycles. The number of unbranched alkanes of at least 4 members (excludes halogenated alkanes) is 1. The van der Waals surface area contributed by atoms with Crippen molar-refractivity contribution in [1.82, 2.24) is 20.4 Å². The third kappa shape index (κ3) is 8.34. The zero-order chi connectivity index (χ0) is 30.0. The van der Waals surface area contributed by atoms with E-state index in [-0.39, 0.29) is 24.5 Å². The summed E-state index contributed by atoms with van der Waals surface area (Å²) in [7, 11) is 0. The van der Waals surface area contributed by atoms with Crippen LogP contribution in [0.3, 0.4) is 0 Å². The molecule has 2 saturated heterocycles. The van der Waals surface area contributed by atoms with Gasteiger partial charge in [0.05, 0.1) is 0 Å². The van der Waals surface area contributed by atoms with Gasteiger partial charge in [0.25, 0.3) is 0 Å². The molecule has 42 heavy (non-hydrogen) atoms. The van der Waals surface area contributed by atoms with Crippen LogP contribution in [0.4, 0.5) is 4.79 Å². The van der Waals surface area contributed by atoms with Gasteiger partial charge in [-0.15, -0.1) is 0 Å². The van der Waals surface area contributed by atoms with Crippen molar-refractivity contribution in [1.29, 1.82) is 0 Å². The zero-order valence-corrected chi connectivity index (χ0v) is 25.5. The van der Waals surface area contributed by atoms with Gasteiger partial charge in [0.15, 0.2) is 0 Å². The Bertz CT molecular complexity index is 1150. The van der Waals surface area contributed by atoms with Crippen LogP contribution in [0.2, 0.25) is 0 Å². The van der Waals surface area contributed by atoms with Crippen LogP contribution in [0.25, 0.3) is 0 Å². The van der Waals surface area contributed by atoms with E-state index in [0.717, 1.165) is 38.0 Å². The van der Waals surface area contributed by atoms with Crippen molar-refractivity contribution >= 4 is 17.9 Å². The number of likely N-dealkylation sites (tertiary alicyclic amines) is 1. The van der Waals surface area contributed by atoms with Gasteiger partial charge in [-0.2, -0.15) is 0 Å². The second kappa shape index (κ2) is 15.2. The fourth-order valence-corrected chi connectivity index (χ4v) is 6.45. The SMILES string of the molecule is CC(C)CC(C)N1C(=O)[C@H](CCCCNC(=O)OCc2ccccc2)NC(=O)C12CCN(CCc1ccccc1)CC2. The average Bonchev–Trinajstić information content (AvgIpc) is 2.99. The van der Waals surface area contributed by atoms with Gasteiger partial charge in [0, 0.05) is 32.2 Å². The number of alkyl carbamates (subject to hydrolysis) is 1. The van der Waals surface area contributed by atoms with Crippen LogP contribution in [0, 0.1) is 5.92 Å². The Labute approximate surface area is 251 Å². The van der Waals surface area contributed by atoms with Crippen LogP contribution in [-0.4, -0.2) is 71.5 Å². The lowest BCUT2D eigenvalue weighted by Crippen LogP contribution is -2.74. The molecule has 2 aromatic rings. The number of nitrogens with zero attached hydrogens (tertiary/aromatic N) is 2. The number of piperazine rings is 1. The summed E-state index contributed by atoms with van der Waals surface area (Å²) in [6, 6.07) is 19.5. The van der Waals surface area contributed by atoms with E-state index < -0.39 is 17.7 Å². The number of carbonyl (C=O) groups is 3. The van der Waals surface area contributed by atoms with Crippen LogP contribution in [0.1, 0.15) is 70.4 Å². The Hall–Kier alpha value is -3.39. The number of piperidine rings is 1. The quantitative estimate of drug-likeness (QED) is 0.330. The van der Waals surface area contributed by atoms with E-state index in [2.05, 4.69) is 60.6 Å². The van der Waals surface area contributed by atoms with Crippen molar-refractivity contribution in [3.63, 3.8) is 0 Å². The number of ether oxygens (including phenoxy) is 1. The molecule has 2 N–H and O–H groups in total. The van der Waals surface area contributed by atoms with Gasteiger partial charge in [-0.3, -0.25) is 9.59 Å². The van der Waals surface area contributed by atoms with Crippen molar-refractivity contribution in [3.8, 4) is 0 Å². The fraction of sp³-hybridized carbons (Fsp3) is 0.559. The van der Waals surface area contributed by atoms with E-state index in [1.807, 2.05) is 41.3 Å². The molecule has 2 aromatic carbocycles. The predicted octanol–water partition coefficient (Wildman–Crippen LogP) is 4.92. The van der Waals surface area contributed by atoms with Gasteiger partial charge in [0.2, 0.25) is 11.8 Å². The maximum atomic E-state index is 14.0. The summed E-state index contributed by atoms with van der Waals surface area (Å²) < 4.78 is 5.27. The highest BCUT2D eigenvalue weighted by atomic mass is 16.5. The summed E-state index contributed by atoms with van der Waals surface area (Å²) in [4.78, 5) is 44.2. The first-order valence-corrected chi connectivity index (χ1v) is 15.6. The molecule has 2 aliphatic heterocycles. The topological polar surface area (TPSA) is 91.0 Å². The average molecular weight is 577 g/mol. The third-order valence-corrected chi connectivity index (χ3v) is 8.62. The number of amides is 3.